The Bertz CT molecular complexity index is 321. The number of rotatable bonds is 7. The molecule has 0 aliphatic rings. The SMILES string of the molecule is CC(C)C[C@H](NC(=O)[C@H](C)NC(=O)CS)C(N)=O. The van der Waals surface area contributed by atoms with Gasteiger partial charge in [0.15, 0.2) is 0 Å². The van der Waals surface area contributed by atoms with Crippen LogP contribution >= 0.6 is 12.6 Å². The Hall–Kier alpha value is -1.24. The van der Waals surface area contributed by atoms with Crippen LogP contribution in [-0.2, 0) is 14.4 Å². The lowest BCUT2D eigenvalue weighted by Crippen LogP contribution is -2.52. The number of primary amides is 1. The number of nitrogens with one attached hydrogen (secondary N) is 2. The normalized spacial score (nSPS) is 13.8. The third-order valence-electron chi connectivity index (χ3n) is 2.28. The molecule has 0 aliphatic heterocycles. The van der Waals surface area contributed by atoms with E-state index < -0.39 is 23.9 Å². The molecule has 4 N–H and O–H groups in total. The highest BCUT2D eigenvalue weighted by Crippen LogP contribution is 2.04. The molecule has 0 aromatic rings. The number of thiol groups is 1. The number of amides is 3. The van der Waals surface area contributed by atoms with Crippen molar-refractivity contribution in [2.75, 3.05) is 5.75 Å². The lowest BCUT2D eigenvalue weighted by molar-refractivity contribution is -0.130. The fourth-order valence-electron chi connectivity index (χ4n) is 1.37. The van der Waals surface area contributed by atoms with Crippen molar-refractivity contribution in [3.8, 4) is 0 Å². The van der Waals surface area contributed by atoms with Gasteiger partial charge in [0.05, 0.1) is 5.75 Å². The van der Waals surface area contributed by atoms with Crippen molar-refractivity contribution in [1.82, 2.24) is 10.6 Å². The van der Waals surface area contributed by atoms with Crippen molar-refractivity contribution in [2.45, 2.75) is 39.3 Å². The van der Waals surface area contributed by atoms with Crippen LogP contribution in [-0.4, -0.2) is 35.6 Å². The Balaban J connectivity index is 4.41. The van der Waals surface area contributed by atoms with Crippen LogP contribution in [0.3, 0.4) is 0 Å². The second-order valence-corrected chi connectivity index (χ2v) is 4.86. The lowest BCUT2D eigenvalue weighted by atomic mass is 10.0. The van der Waals surface area contributed by atoms with Gasteiger partial charge in [0.25, 0.3) is 0 Å². The average molecular weight is 275 g/mol. The fraction of sp³-hybridized carbons (Fsp3) is 0.727. The van der Waals surface area contributed by atoms with Gasteiger partial charge in [-0.2, -0.15) is 12.6 Å². The summed E-state index contributed by atoms with van der Waals surface area (Å²) in [7, 11) is 0. The summed E-state index contributed by atoms with van der Waals surface area (Å²) in [5.41, 5.74) is 5.21. The van der Waals surface area contributed by atoms with E-state index in [0.717, 1.165) is 0 Å². The summed E-state index contributed by atoms with van der Waals surface area (Å²) in [4.78, 5) is 34.0. The van der Waals surface area contributed by atoms with E-state index in [0.29, 0.717) is 6.42 Å². The van der Waals surface area contributed by atoms with Gasteiger partial charge in [-0.05, 0) is 19.3 Å². The molecule has 0 aromatic heterocycles. The Kier molecular flexibility index (Phi) is 7.42. The van der Waals surface area contributed by atoms with Crippen LogP contribution in [0.15, 0.2) is 0 Å². The smallest absolute Gasteiger partial charge is 0.242 e. The maximum absolute atomic E-state index is 11.7. The first-order valence-corrected chi connectivity index (χ1v) is 6.41. The first-order chi connectivity index (χ1) is 8.27. The summed E-state index contributed by atoms with van der Waals surface area (Å²) in [5, 5.41) is 4.97. The summed E-state index contributed by atoms with van der Waals surface area (Å²) in [6.45, 7) is 5.38. The van der Waals surface area contributed by atoms with Gasteiger partial charge in [-0.1, -0.05) is 13.8 Å². The number of nitrogens with two attached hydrogens (primary N) is 1. The molecule has 0 spiro atoms. The van der Waals surface area contributed by atoms with E-state index >= 15 is 0 Å². The first kappa shape index (κ1) is 16.8. The molecule has 3 amide bonds. The van der Waals surface area contributed by atoms with E-state index in [-0.39, 0.29) is 17.6 Å². The third-order valence-corrected chi connectivity index (χ3v) is 2.57. The van der Waals surface area contributed by atoms with Crippen molar-refractivity contribution >= 4 is 30.4 Å². The molecule has 0 aromatic carbocycles. The summed E-state index contributed by atoms with van der Waals surface area (Å²) < 4.78 is 0. The molecule has 0 radical (unpaired) electrons. The summed E-state index contributed by atoms with van der Waals surface area (Å²) >= 11 is 3.79. The van der Waals surface area contributed by atoms with Crippen LogP contribution in [0.4, 0.5) is 0 Å². The van der Waals surface area contributed by atoms with Crippen molar-refractivity contribution in [3.63, 3.8) is 0 Å². The molecular weight excluding hydrogens is 254 g/mol. The maximum atomic E-state index is 11.7. The van der Waals surface area contributed by atoms with Gasteiger partial charge in [0, 0.05) is 0 Å². The van der Waals surface area contributed by atoms with Crippen LogP contribution < -0.4 is 16.4 Å². The van der Waals surface area contributed by atoms with Gasteiger partial charge in [0.2, 0.25) is 17.7 Å². The van der Waals surface area contributed by atoms with Gasteiger partial charge >= 0.3 is 0 Å². The monoisotopic (exact) mass is 275 g/mol. The van der Waals surface area contributed by atoms with E-state index in [2.05, 4.69) is 23.3 Å². The van der Waals surface area contributed by atoms with Crippen molar-refractivity contribution in [1.29, 1.82) is 0 Å². The van der Waals surface area contributed by atoms with Gasteiger partial charge in [-0.3, -0.25) is 14.4 Å². The standard InChI is InChI=1S/C11H21N3O3S/c1-6(2)4-8(10(12)16)14-11(17)7(3)13-9(15)5-18/h6-8,18H,4-5H2,1-3H3,(H2,12,16)(H,13,15)(H,14,17)/t7-,8-/m0/s1. The molecule has 0 bridgehead atoms. The van der Waals surface area contributed by atoms with Crippen molar-refractivity contribution in [2.24, 2.45) is 11.7 Å². The Labute approximate surface area is 112 Å². The van der Waals surface area contributed by atoms with E-state index in [1.165, 1.54) is 6.92 Å². The minimum atomic E-state index is -0.723. The highest BCUT2D eigenvalue weighted by molar-refractivity contribution is 7.81. The summed E-state index contributed by atoms with van der Waals surface area (Å²) in [6.07, 6.45) is 0.467. The van der Waals surface area contributed by atoms with Crippen LogP contribution in [0.1, 0.15) is 27.2 Å². The quantitative estimate of drug-likeness (QED) is 0.468. The van der Waals surface area contributed by atoms with Crippen LogP contribution in [0.5, 0.6) is 0 Å². The van der Waals surface area contributed by atoms with Crippen molar-refractivity contribution < 1.29 is 14.4 Å². The fourth-order valence-corrected chi connectivity index (χ4v) is 1.46. The lowest BCUT2D eigenvalue weighted by Gasteiger charge is -2.20. The van der Waals surface area contributed by atoms with Crippen LogP contribution in [0.25, 0.3) is 0 Å². The molecule has 0 unspecified atom stereocenters. The second-order valence-electron chi connectivity index (χ2n) is 4.54. The number of hydrogen-bond donors (Lipinski definition) is 4. The minimum absolute atomic E-state index is 0.00284. The molecule has 0 rings (SSSR count). The molecule has 0 heterocycles. The van der Waals surface area contributed by atoms with Crippen molar-refractivity contribution in [3.05, 3.63) is 0 Å². The Morgan fingerprint density at radius 3 is 2.11 bits per heavy atom. The molecule has 0 aliphatic carbocycles. The largest absolute Gasteiger partial charge is 0.368 e. The molecule has 2 atom stereocenters. The molecule has 18 heavy (non-hydrogen) atoms. The molecule has 6 nitrogen and oxygen atoms in total. The van der Waals surface area contributed by atoms with Crippen LogP contribution in [0, 0.1) is 5.92 Å². The van der Waals surface area contributed by atoms with Crippen LogP contribution in [0.2, 0.25) is 0 Å². The van der Waals surface area contributed by atoms with E-state index in [9.17, 15) is 14.4 Å². The first-order valence-electron chi connectivity index (χ1n) is 5.77. The molecule has 7 heteroatoms. The molecule has 0 saturated carbocycles. The maximum Gasteiger partial charge on any atom is 0.242 e. The van der Waals surface area contributed by atoms with Gasteiger partial charge in [-0.15, -0.1) is 0 Å². The van der Waals surface area contributed by atoms with E-state index in [4.69, 9.17) is 5.73 Å². The van der Waals surface area contributed by atoms with E-state index in [1.54, 1.807) is 0 Å². The number of hydrogen-bond acceptors (Lipinski definition) is 4. The zero-order valence-electron chi connectivity index (χ0n) is 10.9. The summed E-state index contributed by atoms with van der Waals surface area (Å²) in [6, 6.07) is -1.44. The van der Waals surface area contributed by atoms with Gasteiger partial charge < -0.3 is 16.4 Å². The molecule has 104 valence electrons. The highest BCUT2D eigenvalue weighted by atomic mass is 32.1. The third kappa shape index (κ3) is 6.48. The second kappa shape index (κ2) is 7.97. The predicted octanol–water partition coefficient (Wildman–Crippen LogP) is -0.563. The topological polar surface area (TPSA) is 101 Å². The Morgan fingerprint density at radius 1 is 1.17 bits per heavy atom. The minimum Gasteiger partial charge on any atom is -0.368 e. The number of carbonyl (C=O) groups excluding carboxylic acids is 3. The molecule has 0 saturated heterocycles. The van der Waals surface area contributed by atoms with E-state index in [1.807, 2.05) is 13.8 Å². The Morgan fingerprint density at radius 2 is 1.72 bits per heavy atom. The zero-order valence-corrected chi connectivity index (χ0v) is 11.8. The predicted molar refractivity (Wildman–Crippen MR) is 72.0 cm³/mol. The molecule has 0 fully saturated rings. The molecular formula is C11H21N3O3S. The van der Waals surface area contributed by atoms with Gasteiger partial charge in [0.1, 0.15) is 12.1 Å². The highest BCUT2D eigenvalue weighted by Gasteiger charge is 2.22. The average Bonchev–Trinajstić information content (AvgIpc) is 2.26. The number of carbonyl (C=O) groups is 3. The summed E-state index contributed by atoms with van der Waals surface area (Å²) in [5.74, 6) is -1.13. The zero-order chi connectivity index (χ0) is 14.3. The van der Waals surface area contributed by atoms with Gasteiger partial charge in [-0.25, -0.2) is 0 Å².